The number of aryl methyl sites for hydroxylation is 1. The van der Waals surface area contributed by atoms with Gasteiger partial charge in [-0.05, 0) is 24.6 Å². The van der Waals surface area contributed by atoms with Crippen LogP contribution in [-0.2, 0) is 17.8 Å². The quantitative estimate of drug-likeness (QED) is 0.719. The molecule has 4 rings (SSSR count). The number of hydrogen-bond acceptors (Lipinski definition) is 3. The van der Waals surface area contributed by atoms with Crippen LogP contribution in [0.3, 0.4) is 0 Å². The third-order valence-electron chi connectivity index (χ3n) is 5.41. The van der Waals surface area contributed by atoms with E-state index < -0.39 is 0 Å². The zero-order valence-electron chi connectivity index (χ0n) is 16.3. The number of carbonyl (C=O) groups excluding carboxylic acids is 1. The van der Waals surface area contributed by atoms with E-state index in [1.807, 2.05) is 34.0 Å². The van der Waals surface area contributed by atoms with Gasteiger partial charge in [0.15, 0.2) is 0 Å². The summed E-state index contributed by atoms with van der Waals surface area (Å²) in [5, 5.41) is 0. The van der Waals surface area contributed by atoms with Gasteiger partial charge in [-0.1, -0.05) is 29.8 Å². The van der Waals surface area contributed by atoms with Crippen molar-refractivity contribution in [3.8, 4) is 0 Å². The molecule has 1 aliphatic rings. The molecule has 1 N–H and O–H groups in total. The Morgan fingerprint density at radius 3 is 2.61 bits per heavy atom. The van der Waals surface area contributed by atoms with Crippen LogP contribution in [0.1, 0.15) is 22.9 Å². The van der Waals surface area contributed by atoms with Crippen LogP contribution in [0, 0.1) is 6.92 Å². The summed E-state index contributed by atoms with van der Waals surface area (Å²) in [6, 6.07) is 12.3. The predicted molar refractivity (Wildman–Crippen MR) is 109 cm³/mol. The van der Waals surface area contributed by atoms with E-state index in [9.17, 15) is 4.79 Å². The molecule has 1 atom stereocenters. The molecule has 2 aromatic heterocycles. The second kappa shape index (κ2) is 8.44. The number of piperazine rings is 1. The number of amides is 1. The Balaban J connectivity index is 1.39. The van der Waals surface area contributed by atoms with Crippen molar-refractivity contribution in [3.63, 3.8) is 0 Å². The zero-order valence-corrected chi connectivity index (χ0v) is 16.3. The van der Waals surface area contributed by atoms with Crippen LogP contribution in [0.15, 0.2) is 61.3 Å². The smallest absolute Gasteiger partial charge is 0.246 e. The van der Waals surface area contributed by atoms with Gasteiger partial charge in [-0.15, -0.1) is 0 Å². The number of nitrogens with one attached hydrogen (secondary N) is 1. The van der Waals surface area contributed by atoms with Crippen molar-refractivity contribution in [1.82, 2.24) is 24.3 Å². The van der Waals surface area contributed by atoms with Crippen molar-refractivity contribution in [2.45, 2.75) is 25.9 Å². The molecule has 28 heavy (non-hydrogen) atoms. The first kappa shape index (κ1) is 18.5. The maximum Gasteiger partial charge on any atom is 0.246 e. The molecular weight excluding hydrogens is 350 g/mol. The molecule has 1 unspecified atom stereocenters. The summed E-state index contributed by atoms with van der Waals surface area (Å²) in [5.74, 6) is 0.181. The Labute approximate surface area is 165 Å². The van der Waals surface area contributed by atoms with Crippen LogP contribution in [0.4, 0.5) is 0 Å². The van der Waals surface area contributed by atoms with Gasteiger partial charge < -0.3 is 14.5 Å². The summed E-state index contributed by atoms with van der Waals surface area (Å²) < 4.78 is 2.00. The van der Waals surface area contributed by atoms with Gasteiger partial charge in [0, 0.05) is 63.4 Å². The number of nitrogens with zero attached hydrogens (tertiary/aromatic N) is 4. The van der Waals surface area contributed by atoms with Gasteiger partial charge in [0.2, 0.25) is 5.91 Å². The number of rotatable bonds is 6. The first-order chi connectivity index (χ1) is 13.7. The molecule has 1 amide bonds. The third kappa shape index (κ3) is 4.34. The maximum atomic E-state index is 13.3. The zero-order chi connectivity index (χ0) is 19.3. The summed E-state index contributed by atoms with van der Waals surface area (Å²) >= 11 is 0. The molecule has 6 nitrogen and oxygen atoms in total. The van der Waals surface area contributed by atoms with Crippen molar-refractivity contribution in [3.05, 3.63) is 78.1 Å². The van der Waals surface area contributed by atoms with E-state index in [0.717, 1.165) is 38.4 Å². The fourth-order valence-electron chi connectivity index (χ4n) is 3.89. The molecule has 146 valence electrons. The van der Waals surface area contributed by atoms with Gasteiger partial charge in [-0.3, -0.25) is 9.69 Å². The Morgan fingerprint density at radius 1 is 1.14 bits per heavy atom. The molecule has 0 aliphatic carbocycles. The molecule has 3 aromatic rings. The van der Waals surface area contributed by atoms with Crippen molar-refractivity contribution in [2.24, 2.45) is 0 Å². The van der Waals surface area contributed by atoms with Crippen LogP contribution >= 0.6 is 0 Å². The minimum absolute atomic E-state index is 0.181. The number of H-pyrrole nitrogens is 1. The molecule has 6 heteroatoms. The molecule has 1 fully saturated rings. The van der Waals surface area contributed by atoms with E-state index in [-0.39, 0.29) is 11.9 Å². The lowest BCUT2D eigenvalue weighted by atomic mass is 10.1. The fourth-order valence-corrected chi connectivity index (χ4v) is 3.89. The van der Waals surface area contributed by atoms with Gasteiger partial charge in [-0.25, -0.2) is 4.98 Å². The van der Waals surface area contributed by atoms with Crippen molar-refractivity contribution >= 4 is 5.91 Å². The predicted octanol–water partition coefficient (Wildman–Crippen LogP) is 2.65. The Bertz CT molecular complexity index is 880. The van der Waals surface area contributed by atoms with E-state index in [0.29, 0.717) is 6.42 Å². The number of imidazole rings is 1. The minimum atomic E-state index is -0.237. The van der Waals surface area contributed by atoms with Gasteiger partial charge >= 0.3 is 0 Å². The van der Waals surface area contributed by atoms with Gasteiger partial charge in [0.1, 0.15) is 6.04 Å². The highest BCUT2D eigenvalue weighted by atomic mass is 16.2. The molecule has 3 heterocycles. The van der Waals surface area contributed by atoms with Crippen LogP contribution in [0.25, 0.3) is 0 Å². The first-order valence-corrected chi connectivity index (χ1v) is 9.85. The largest absolute Gasteiger partial charge is 0.348 e. The molecule has 0 saturated carbocycles. The normalized spacial score (nSPS) is 16.2. The number of aromatic nitrogens is 3. The summed E-state index contributed by atoms with van der Waals surface area (Å²) in [5.41, 5.74) is 3.61. The average Bonchev–Trinajstić information content (AvgIpc) is 3.40. The van der Waals surface area contributed by atoms with E-state index in [2.05, 4.69) is 46.1 Å². The van der Waals surface area contributed by atoms with Crippen LogP contribution in [0.5, 0.6) is 0 Å². The third-order valence-corrected chi connectivity index (χ3v) is 5.41. The highest BCUT2D eigenvalue weighted by molar-refractivity contribution is 5.81. The first-order valence-electron chi connectivity index (χ1n) is 9.85. The number of benzene rings is 1. The monoisotopic (exact) mass is 377 g/mol. The van der Waals surface area contributed by atoms with E-state index in [1.165, 1.54) is 11.1 Å². The average molecular weight is 377 g/mol. The van der Waals surface area contributed by atoms with Crippen molar-refractivity contribution < 1.29 is 4.79 Å². The molecule has 1 aromatic carbocycles. The molecule has 0 bridgehead atoms. The topological polar surface area (TPSA) is 57.2 Å². The molecular formula is C22H27N5O. The fraction of sp³-hybridized carbons (Fsp3) is 0.364. The van der Waals surface area contributed by atoms with Crippen LogP contribution in [0.2, 0.25) is 0 Å². The molecule has 1 saturated heterocycles. The summed E-state index contributed by atoms with van der Waals surface area (Å²) in [6.45, 7) is 6.42. The Morgan fingerprint density at radius 2 is 1.93 bits per heavy atom. The van der Waals surface area contributed by atoms with Gasteiger partial charge in [-0.2, -0.15) is 0 Å². The second-order valence-electron chi connectivity index (χ2n) is 7.52. The molecule has 1 aliphatic heterocycles. The lowest BCUT2D eigenvalue weighted by molar-refractivity contribution is -0.136. The Hall–Kier alpha value is -2.86. The summed E-state index contributed by atoms with van der Waals surface area (Å²) in [4.78, 5) is 24.9. The lowest BCUT2D eigenvalue weighted by Crippen LogP contribution is -2.50. The van der Waals surface area contributed by atoms with Crippen LogP contribution < -0.4 is 0 Å². The van der Waals surface area contributed by atoms with E-state index in [1.54, 1.807) is 12.5 Å². The van der Waals surface area contributed by atoms with Crippen molar-refractivity contribution in [2.75, 3.05) is 26.2 Å². The highest BCUT2D eigenvalue weighted by Crippen LogP contribution is 2.19. The SMILES string of the molecule is Cc1cccc(CN2CCN(C(=O)C(Cc3cnc[nH]3)n3cccc3)CC2)c1. The lowest BCUT2D eigenvalue weighted by Gasteiger charge is -2.36. The number of aromatic amines is 1. The standard InChI is InChI=1S/C22H27N5O/c1-18-5-4-6-19(13-18)16-25-9-11-27(12-10-25)22(28)21(26-7-2-3-8-26)14-20-15-23-17-24-20/h2-8,13,15,17,21H,9-12,14,16H2,1H3,(H,23,24). The summed E-state index contributed by atoms with van der Waals surface area (Å²) in [7, 11) is 0. The molecule has 0 spiro atoms. The Kier molecular flexibility index (Phi) is 5.58. The second-order valence-corrected chi connectivity index (χ2v) is 7.52. The van der Waals surface area contributed by atoms with Gasteiger partial charge in [0.25, 0.3) is 0 Å². The number of carbonyl (C=O) groups is 1. The summed E-state index contributed by atoms with van der Waals surface area (Å²) in [6.07, 6.45) is 8.01. The van der Waals surface area contributed by atoms with Crippen molar-refractivity contribution in [1.29, 1.82) is 0 Å². The van der Waals surface area contributed by atoms with Gasteiger partial charge in [0.05, 0.1) is 6.33 Å². The molecule has 0 radical (unpaired) electrons. The van der Waals surface area contributed by atoms with E-state index in [4.69, 9.17) is 0 Å². The highest BCUT2D eigenvalue weighted by Gasteiger charge is 2.28. The van der Waals surface area contributed by atoms with E-state index >= 15 is 0 Å². The van der Waals surface area contributed by atoms with Crippen LogP contribution in [-0.4, -0.2) is 56.4 Å². The maximum absolute atomic E-state index is 13.3. The number of hydrogen-bond donors (Lipinski definition) is 1. The minimum Gasteiger partial charge on any atom is -0.348 e.